The lowest BCUT2D eigenvalue weighted by Crippen LogP contribution is -2.29. The van der Waals surface area contributed by atoms with Gasteiger partial charge < -0.3 is 5.32 Å². The number of hydrogen-bond acceptors (Lipinski definition) is 4. The number of anilines is 1. The Hall–Kier alpha value is -1.12. The molecular formula is C15H14Cl2N2O3S2. The summed E-state index contributed by atoms with van der Waals surface area (Å²) in [7, 11) is -3.65. The second-order valence-electron chi connectivity index (χ2n) is 5.34. The molecule has 1 aromatic heterocycles. The maximum Gasteiger partial charge on any atom is 0.267 e. The van der Waals surface area contributed by atoms with Crippen molar-refractivity contribution in [2.45, 2.75) is 17.7 Å². The lowest BCUT2D eigenvalue weighted by Gasteiger charge is -2.15. The molecule has 0 radical (unpaired) electrons. The van der Waals surface area contributed by atoms with Crippen molar-refractivity contribution in [1.29, 1.82) is 0 Å². The molecule has 2 heterocycles. The van der Waals surface area contributed by atoms with Crippen molar-refractivity contribution < 1.29 is 13.2 Å². The Balaban J connectivity index is 1.88. The number of halogens is 2. The maximum absolute atomic E-state index is 12.7. The van der Waals surface area contributed by atoms with E-state index in [1.165, 1.54) is 10.4 Å². The molecule has 0 aliphatic carbocycles. The van der Waals surface area contributed by atoms with Gasteiger partial charge in [-0.1, -0.05) is 23.2 Å². The van der Waals surface area contributed by atoms with Crippen LogP contribution in [0, 0.1) is 0 Å². The van der Waals surface area contributed by atoms with Crippen LogP contribution in [0.1, 0.15) is 22.5 Å². The summed E-state index contributed by atoms with van der Waals surface area (Å²) in [5.74, 6) is -0.499. The van der Waals surface area contributed by atoms with E-state index in [0.717, 1.165) is 24.2 Å². The van der Waals surface area contributed by atoms with Gasteiger partial charge in [0.25, 0.3) is 5.91 Å². The molecule has 128 valence electrons. The fourth-order valence-corrected chi connectivity index (χ4v) is 5.89. The summed E-state index contributed by atoms with van der Waals surface area (Å²) in [5.41, 5.74) is 0.412. The van der Waals surface area contributed by atoms with Gasteiger partial charge in [0.15, 0.2) is 0 Å². The number of thiophene rings is 1. The van der Waals surface area contributed by atoms with Gasteiger partial charge >= 0.3 is 0 Å². The summed E-state index contributed by atoms with van der Waals surface area (Å²) in [6, 6.07) is 6.12. The molecule has 5 nitrogen and oxygen atoms in total. The minimum atomic E-state index is -3.65. The average Bonchev–Trinajstić information content (AvgIpc) is 3.18. The minimum Gasteiger partial charge on any atom is -0.321 e. The number of nitrogens with zero attached hydrogens (tertiary/aromatic N) is 1. The normalized spacial score (nSPS) is 15.6. The third-order valence-electron chi connectivity index (χ3n) is 3.64. The SMILES string of the molecule is O=C(Nc1cc(Cl)cc(Cl)c1)c1sccc1S(=O)(=O)N1CCCC1. The van der Waals surface area contributed by atoms with E-state index < -0.39 is 15.9 Å². The summed E-state index contributed by atoms with van der Waals surface area (Å²) < 4.78 is 26.8. The van der Waals surface area contributed by atoms with E-state index in [-0.39, 0.29) is 9.77 Å². The summed E-state index contributed by atoms with van der Waals surface area (Å²) in [4.78, 5) is 12.7. The Bertz CT molecular complexity index is 854. The molecule has 1 aromatic carbocycles. The smallest absolute Gasteiger partial charge is 0.267 e. The van der Waals surface area contributed by atoms with Gasteiger partial charge in [-0.2, -0.15) is 4.31 Å². The molecule has 0 spiro atoms. The maximum atomic E-state index is 12.7. The zero-order valence-electron chi connectivity index (χ0n) is 12.5. The van der Waals surface area contributed by atoms with Crippen LogP contribution in [0.5, 0.6) is 0 Å². The first-order valence-electron chi connectivity index (χ1n) is 7.23. The van der Waals surface area contributed by atoms with Gasteiger partial charge in [0.2, 0.25) is 10.0 Å². The van der Waals surface area contributed by atoms with Gasteiger partial charge in [0, 0.05) is 28.8 Å². The van der Waals surface area contributed by atoms with Crippen LogP contribution in [0.2, 0.25) is 10.0 Å². The van der Waals surface area contributed by atoms with Crippen LogP contribution in [-0.4, -0.2) is 31.7 Å². The fourth-order valence-electron chi connectivity index (χ4n) is 2.55. The summed E-state index contributed by atoms with van der Waals surface area (Å²) in [5, 5.41) is 5.02. The highest BCUT2D eigenvalue weighted by molar-refractivity contribution is 7.89. The predicted molar refractivity (Wildman–Crippen MR) is 96.7 cm³/mol. The van der Waals surface area contributed by atoms with E-state index >= 15 is 0 Å². The second-order valence-corrected chi connectivity index (χ2v) is 9.03. The number of hydrogen-bond donors (Lipinski definition) is 1. The Morgan fingerprint density at radius 3 is 2.38 bits per heavy atom. The lowest BCUT2D eigenvalue weighted by molar-refractivity contribution is 0.102. The molecule has 24 heavy (non-hydrogen) atoms. The van der Waals surface area contributed by atoms with Crippen LogP contribution < -0.4 is 5.32 Å². The Morgan fingerprint density at radius 1 is 1.12 bits per heavy atom. The number of rotatable bonds is 4. The highest BCUT2D eigenvalue weighted by atomic mass is 35.5. The zero-order chi connectivity index (χ0) is 17.3. The third-order valence-corrected chi connectivity index (χ3v) is 7.06. The van der Waals surface area contributed by atoms with Crippen LogP contribution in [0.15, 0.2) is 34.5 Å². The second kappa shape index (κ2) is 7.01. The summed E-state index contributed by atoms with van der Waals surface area (Å²) >= 11 is 12.9. The lowest BCUT2D eigenvalue weighted by atomic mass is 10.3. The highest BCUT2D eigenvalue weighted by Crippen LogP contribution is 2.29. The Morgan fingerprint density at radius 2 is 1.75 bits per heavy atom. The molecule has 3 rings (SSSR count). The molecule has 1 aliphatic rings. The van der Waals surface area contributed by atoms with Crippen LogP contribution in [-0.2, 0) is 10.0 Å². The molecule has 1 N–H and O–H groups in total. The molecular weight excluding hydrogens is 391 g/mol. The Labute approximate surface area is 154 Å². The molecule has 2 aromatic rings. The van der Waals surface area contributed by atoms with Crippen LogP contribution >= 0.6 is 34.5 Å². The van der Waals surface area contributed by atoms with Gasteiger partial charge in [-0.15, -0.1) is 11.3 Å². The first-order valence-corrected chi connectivity index (χ1v) is 10.3. The van der Waals surface area contributed by atoms with Crippen LogP contribution in [0.4, 0.5) is 5.69 Å². The van der Waals surface area contributed by atoms with E-state index in [0.29, 0.717) is 28.8 Å². The van der Waals surface area contributed by atoms with E-state index in [2.05, 4.69) is 5.32 Å². The minimum absolute atomic E-state index is 0.0417. The molecule has 1 saturated heterocycles. The van der Waals surface area contributed by atoms with E-state index in [1.807, 2.05) is 0 Å². The number of carbonyl (C=O) groups excluding carboxylic acids is 1. The van der Waals surface area contributed by atoms with Crippen LogP contribution in [0.25, 0.3) is 0 Å². The molecule has 9 heteroatoms. The molecule has 1 aliphatic heterocycles. The van der Waals surface area contributed by atoms with E-state index in [4.69, 9.17) is 23.2 Å². The van der Waals surface area contributed by atoms with Crippen LogP contribution in [0.3, 0.4) is 0 Å². The van der Waals surface area contributed by atoms with Crippen molar-refractivity contribution >= 4 is 56.2 Å². The molecule has 1 amide bonds. The van der Waals surface area contributed by atoms with Gasteiger partial charge in [0.1, 0.15) is 9.77 Å². The van der Waals surface area contributed by atoms with Gasteiger partial charge in [-0.25, -0.2) is 8.42 Å². The van der Waals surface area contributed by atoms with Crippen molar-refractivity contribution in [2.75, 3.05) is 18.4 Å². The topological polar surface area (TPSA) is 66.5 Å². The van der Waals surface area contributed by atoms with Crippen molar-refractivity contribution in [3.8, 4) is 0 Å². The first-order chi connectivity index (χ1) is 11.4. The number of nitrogens with one attached hydrogen (secondary N) is 1. The first kappa shape index (κ1) is 17.7. The number of amides is 1. The largest absolute Gasteiger partial charge is 0.321 e. The fraction of sp³-hybridized carbons (Fsp3) is 0.267. The van der Waals surface area contributed by atoms with Crippen molar-refractivity contribution in [3.63, 3.8) is 0 Å². The molecule has 0 saturated carbocycles. The summed E-state index contributed by atoms with van der Waals surface area (Å²) in [6.45, 7) is 0.978. The average molecular weight is 405 g/mol. The van der Waals surface area contributed by atoms with Gasteiger partial charge in [-0.3, -0.25) is 4.79 Å². The number of carbonyl (C=O) groups is 1. The van der Waals surface area contributed by atoms with Crippen molar-refractivity contribution in [1.82, 2.24) is 4.31 Å². The van der Waals surface area contributed by atoms with Gasteiger partial charge in [-0.05, 0) is 42.5 Å². The molecule has 1 fully saturated rings. The molecule has 0 atom stereocenters. The van der Waals surface area contributed by atoms with E-state index in [1.54, 1.807) is 23.6 Å². The van der Waals surface area contributed by atoms with Crippen molar-refractivity contribution in [2.24, 2.45) is 0 Å². The molecule has 0 bridgehead atoms. The number of sulfonamides is 1. The monoisotopic (exact) mass is 404 g/mol. The number of benzene rings is 1. The summed E-state index contributed by atoms with van der Waals surface area (Å²) in [6.07, 6.45) is 1.68. The Kier molecular flexibility index (Phi) is 5.17. The third kappa shape index (κ3) is 3.60. The highest BCUT2D eigenvalue weighted by Gasteiger charge is 2.31. The quantitative estimate of drug-likeness (QED) is 0.833. The zero-order valence-corrected chi connectivity index (χ0v) is 15.6. The van der Waals surface area contributed by atoms with Gasteiger partial charge in [0.05, 0.1) is 0 Å². The molecule has 0 unspecified atom stereocenters. The standard InChI is InChI=1S/C15H14Cl2N2O3S2/c16-10-7-11(17)9-12(8-10)18-15(20)14-13(3-6-23-14)24(21,22)19-4-1-2-5-19/h3,6-9H,1-2,4-5H2,(H,18,20). The predicted octanol–water partition coefficient (Wildman–Crippen LogP) is 4.09. The van der Waals surface area contributed by atoms with Crippen molar-refractivity contribution in [3.05, 3.63) is 44.6 Å². The van der Waals surface area contributed by atoms with E-state index in [9.17, 15) is 13.2 Å².